The molecule has 0 spiro atoms. The second kappa shape index (κ2) is 5.85. The van der Waals surface area contributed by atoms with Crippen molar-refractivity contribution in [3.8, 4) is 0 Å². The van der Waals surface area contributed by atoms with Crippen molar-refractivity contribution < 1.29 is 9.59 Å². The first-order valence-corrected chi connectivity index (χ1v) is 7.48. The van der Waals surface area contributed by atoms with E-state index in [4.69, 9.17) is 0 Å². The second-order valence-electron chi connectivity index (χ2n) is 5.90. The van der Waals surface area contributed by atoms with Crippen molar-refractivity contribution >= 4 is 11.7 Å². The molecule has 0 aromatic heterocycles. The summed E-state index contributed by atoms with van der Waals surface area (Å²) in [6, 6.07) is 0.215. The van der Waals surface area contributed by atoms with E-state index in [9.17, 15) is 9.59 Å². The van der Waals surface area contributed by atoms with Gasteiger partial charge in [-0.05, 0) is 32.1 Å². The molecule has 0 aromatic carbocycles. The number of ketones is 1. The Morgan fingerprint density at radius 1 is 1.39 bits per heavy atom. The summed E-state index contributed by atoms with van der Waals surface area (Å²) in [5, 5.41) is 0. The first-order chi connectivity index (χ1) is 8.65. The molecular weight excluding hydrogens is 226 g/mol. The first kappa shape index (κ1) is 13.6. The van der Waals surface area contributed by atoms with Gasteiger partial charge in [-0.2, -0.15) is 0 Å². The lowest BCUT2D eigenvalue weighted by Gasteiger charge is -2.30. The molecule has 1 amide bonds. The van der Waals surface area contributed by atoms with E-state index in [1.165, 1.54) is 0 Å². The zero-order valence-corrected chi connectivity index (χ0v) is 11.7. The monoisotopic (exact) mass is 251 g/mol. The van der Waals surface area contributed by atoms with Crippen LogP contribution in [0.5, 0.6) is 0 Å². The summed E-state index contributed by atoms with van der Waals surface area (Å²) in [5.74, 6) is 0.930. The van der Waals surface area contributed by atoms with Crippen LogP contribution in [0.25, 0.3) is 0 Å². The number of amides is 1. The van der Waals surface area contributed by atoms with Crippen LogP contribution < -0.4 is 0 Å². The van der Waals surface area contributed by atoms with Crippen LogP contribution in [0, 0.1) is 11.8 Å². The van der Waals surface area contributed by atoms with E-state index >= 15 is 0 Å². The summed E-state index contributed by atoms with van der Waals surface area (Å²) in [5.41, 5.74) is 0. The van der Waals surface area contributed by atoms with Crippen LogP contribution in [0.4, 0.5) is 0 Å². The number of hydrogen-bond acceptors (Lipinski definition) is 2. The van der Waals surface area contributed by atoms with E-state index in [1.54, 1.807) is 0 Å². The number of rotatable bonds is 4. The Morgan fingerprint density at radius 3 is 2.78 bits per heavy atom. The fourth-order valence-electron chi connectivity index (χ4n) is 3.57. The molecule has 3 nitrogen and oxygen atoms in total. The molecule has 2 rings (SSSR count). The van der Waals surface area contributed by atoms with E-state index < -0.39 is 0 Å². The molecule has 1 aliphatic carbocycles. The molecule has 1 aliphatic heterocycles. The molecule has 0 bridgehead atoms. The van der Waals surface area contributed by atoms with Crippen molar-refractivity contribution in [2.75, 3.05) is 6.54 Å². The lowest BCUT2D eigenvalue weighted by atomic mass is 9.94. The Morgan fingerprint density at radius 2 is 2.17 bits per heavy atom. The van der Waals surface area contributed by atoms with E-state index in [1.807, 2.05) is 11.8 Å². The summed E-state index contributed by atoms with van der Waals surface area (Å²) >= 11 is 0. The Labute approximate surface area is 110 Å². The lowest BCUT2D eigenvalue weighted by Crippen LogP contribution is -2.43. The summed E-state index contributed by atoms with van der Waals surface area (Å²) in [6.45, 7) is 5.00. The van der Waals surface area contributed by atoms with Gasteiger partial charge in [0.05, 0.1) is 0 Å². The highest BCUT2D eigenvalue weighted by Crippen LogP contribution is 2.34. The van der Waals surface area contributed by atoms with E-state index in [0.717, 1.165) is 51.5 Å². The normalized spacial score (nSPS) is 29.9. The molecule has 1 heterocycles. The van der Waals surface area contributed by atoms with E-state index in [0.29, 0.717) is 5.78 Å². The predicted octanol–water partition coefficient (Wildman–Crippen LogP) is 2.78. The number of carbonyl (C=O) groups excluding carboxylic acids is 2. The molecule has 2 aliphatic rings. The zero-order valence-electron chi connectivity index (χ0n) is 11.7. The van der Waals surface area contributed by atoms with Crippen LogP contribution in [0.2, 0.25) is 0 Å². The lowest BCUT2D eigenvalue weighted by molar-refractivity contribution is -0.138. The summed E-state index contributed by atoms with van der Waals surface area (Å²) < 4.78 is 0. The minimum absolute atomic E-state index is 0.118. The largest absolute Gasteiger partial charge is 0.339 e. The fourth-order valence-corrected chi connectivity index (χ4v) is 3.57. The molecule has 18 heavy (non-hydrogen) atoms. The van der Waals surface area contributed by atoms with Gasteiger partial charge in [0.2, 0.25) is 5.91 Å². The van der Waals surface area contributed by atoms with Crippen LogP contribution in [0.3, 0.4) is 0 Å². The Hall–Kier alpha value is -0.860. The molecule has 0 radical (unpaired) electrons. The first-order valence-electron chi connectivity index (χ1n) is 7.48. The second-order valence-corrected chi connectivity index (χ2v) is 5.90. The maximum absolute atomic E-state index is 12.4. The Kier molecular flexibility index (Phi) is 4.41. The van der Waals surface area contributed by atoms with Crippen molar-refractivity contribution in [2.24, 2.45) is 11.8 Å². The Bertz CT molecular complexity index is 326. The van der Waals surface area contributed by atoms with Gasteiger partial charge in [-0.1, -0.05) is 20.3 Å². The highest BCUT2D eigenvalue weighted by Gasteiger charge is 2.40. The molecule has 1 saturated carbocycles. The quantitative estimate of drug-likeness (QED) is 0.770. The average Bonchev–Trinajstić information content (AvgIpc) is 2.96. The maximum Gasteiger partial charge on any atom is 0.225 e. The molecule has 0 N–H and O–H groups in total. The number of carbonyl (C=O) groups is 2. The third kappa shape index (κ3) is 2.60. The van der Waals surface area contributed by atoms with Gasteiger partial charge in [0.15, 0.2) is 0 Å². The predicted molar refractivity (Wildman–Crippen MR) is 71.2 cm³/mol. The third-order valence-corrected chi connectivity index (χ3v) is 4.54. The summed E-state index contributed by atoms with van der Waals surface area (Å²) in [7, 11) is 0. The molecule has 0 aromatic rings. The molecule has 3 unspecified atom stereocenters. The summed E-state index contributed by atoms with van der Waals surface area (Å²) in [4.78, 5) is 26.3. The van der Waals surface area contributed by atoms with Gasteiger partial charge in [-0.3, -0.25) is 9.59 Å². The summed E-state index contributed by atoms with van der Waals surface area (Å²) in [6.07, 6.45) is 6.85. The van der Waals surface area contributed by atoms with Crippen molar-refractivity contribution in [3.63, 3.8) is 0 Å². The van der Waals surface area contributed by atoms with Gasteiger partial charge in [0.1, 0.15) is 5.78 Å². The van der Waals surface area contributed by atoms with Crippen molar-refractivity contribution in [1.29, 1.82) is 0 Å². The van der Waals surface area contributed by atoms with Crippen molar-refractivity contribution in [2.45, 2.75) is 64.8 Å². The van der Waals surface area contributed by atoms with Crippen molar-refractivity contribution in [3.05, 3.63) is 0 Å². The van der Waals surface area contributed by atoms with Gasteiger partial charge in [-0.15, -0.1) is 0 Å². The van der Waals surface area contributed by atoms with Crippen LogP contribution in [-0.2, 0) is 9.59 Å². The minimum atomic E-state index is 0.118. The third-order valence-electron chi connectivity index (χ3n) is 4.54. The van der Waals surface area contributed by atoms with Gasteiger partial charge < -0.3 is 4.90 Å². The van der Waals surface area contributed by atoms with Gasteiger partial charge in [0, 0.05) is 30.8 Å². The van der Waals surface area contributed by atoms with Crippen LogP contribution in [0.15, 0.2) is 0 Å². The van der Waals surface area contributed by atoms with Crippen LogP contribution >= 0.6 is 0 Å². The SMILES string of the molecule is CCCC(C)C(=O)N1CCCC1C1CCCC1=O. The van der Waals surface area contributed by atoms with Gasteiger partial charge in [0.25, 0.3) is 0 Å². The molecular formula is C15H25NO2. The number of likely N-dealkylation sites (tertiary alicyclic amines) is 1. The van der Waals surface area contributed by atoms with Gasteiger partial charge in [-0.25, -0.2) is 0 Å². The van der Waals surface area contributed by atoms with E-state index in [2.05, 4.69) is 6.92 Å². The van der Waals surface area contributed by atoms with Crippen molar-refractivity contribution in [1.82, 2.24) is 4.90 Å². The highest BCUT2D eigenvalue weighted by atomic mass is 16.2. The number of nitrogens with zero attached hydrogens (tertiary/aromatic N) is 1. The average molecular weight is 251 g/mol. The number of hydrogen-bond donors (Lipinski definition) is 0. The molecule has 102 valence electrons. The fraction of sp³-hybridized carbons (Fsp3) is 0.867. The maximum atomic E-state index is 12.4. The molecule has 2 fully saturated rings. The standard InChI is InChI=1S/C15H25NO2/c1-3-6-11(2)15(18)16-10-5-8-13(16)12-7-4-9-14(12)17/h11-13H,3-10H2,1-2H3. The zero-order chi connectivity index (χ0) is 13.1. The minimum Gasteiger partial charge on any atom is -0.339 e. The van der Waals surface area contributed by atoms with Crippen LogP contribution in [0.1, 0.15) is 58.8 Å². The van der Waals surface area contributed by atoms with Crippen LogP contribution in [-0.4, -0.2) is 29.2 Å². The van der Waals surface area contributed by atoms with E-state index in [-0.39, 0.29) is 23.8 Å². The molecule has 3 heteroatoms. The highest BCUT2D eigenvalue weighted by molar-refractivity contribution is 5.85. The molecule has 1 saturated heterocycles. The topological polar surface area (TPSA) is 37.4 Å². The number of Topliss-reactive ketones (excluding diaryl/α,β-unsaturated/α-hetero) is 1. The molecule has 3 atom stereocenters. The Balaban J connectivity index is 2.03. The smallest absolute Gasteiger partial charge is 0.225 e. The van der Waals surface area contributed by atoms with Gasteiger partial charge >= 0.3 is 0 Å².